The summed E-state index contributed by atoms with van der Waals surface area (Å²) in [6, 6.07) is 15.2. The number of carbonyl (C=O) groups is 2. The van der Waals surface area contributed by atoms with Crippen molar-refractivity contribution in [1.29, 1.82) is 0 Å². The van der Waals surface area contributed by atoms with Crippen LogP contribution in [0.15, 0.2) is 54.6 Å². The van der Waals surface area contributed by atoms with Crippen LogP contribution in [-0.4, -0.2) is 27.9 Å². The summed E-state index contributed by atoms with van der Waals surface area (Å²) in [6.45, 7) is 0. The van der Waals surface area contributed by atoms with E-state index >= 15 is 0 Å². The number of hydrogen-bond donors (Lipinski definition) is 3. The highest BCUT2D eigenvalue weighted by atomic mass is 16.4. The lowest BCUT2D eigenvalue weighted by atomic mass is 9.90. The number of ketones is 1. The Morgan fingerprint density at radius 1 is 1.00 bits per heavy atom. The van der Waals surface area contributed by atoms with Crippen LogP contribution in [0.5, 0.6) is 0 Å². The van der Waals surface area contributed by atoms with Gasteiger partial charge in [0.2, 0.25) is 0 Å². The van der Waals surface area contributed by atoms with Crippen LogP contribution in [0, 0.1) is 0 Å². The second-order valence-electron chi connectivity index (χ2n) is 5.99. The topological polar surface area (TPSA) is 82.2 Å². The fraction of sp³-hybridized carbons (Fsp3) is 0.158. The molecule has 0 bridgehead atoms. The maximum Gasteiger partial charge on any atom is 0.321 e. The maximum absolute atomic E-state index is 12.9. The summed E-state index contributed by atoms with van der Waals surface area (Å²) in [5.41, 5.74) is 3.15. The van der Waals surface area contributed by atoms with Crippen molar-refractivity contribution >= 4 is 22.7 Å². The molecule has 24 heavy (non-hydrogen) atoms. The molecule has 0 saturated carbocycles. The fourth-order valence-electron chi connectivity index (χ4n) is 3.37. The minimum atomic E-state index is -0.947. The quantitative estimate of drug-likeness (QED) is 0.648. The van der Waals surface area contributed by atoms with E-state index in [0.717, 1.165) is 22.2 Å². The van der Waals surface area contributed by atoms with E-state index in [1.165, 1.54) is 0 Å². The minimum Gasteiger partial charge on any atom is -0.480 e. The van der Waals surface area contributed by atoms with Gasteiger partial charge in [-0.2, -0.15) is 0 Å². The number of nitrogens with one attached hydrogen (secondary N) is 2. The highest BCUT2D eigenvalue weighted by Gasteiger charge is 2.36. The first-order valence-corrected chi connectivity index (χ1v) is 7.83. The summed E-state index contributed by atoms with van der Waals surface area (Å²) >= 11 is 0. The van der Waals surface area contributed by atoms with Crippen molar-refractivity contribution in [3.63, 3.8) is 0 Å². The van der Waals surface area contributed by atoms with Crippen molar-refractivity contribution in [3.8, 4) is 0 Å². The normalized spacial score (nSPS) is 19.8. The SMILES string of the molecule is O=C(O)[C@@H]1Cc2c([nH]c3ccccc23)[C@@H](C(=O)c2ccccc2)N1. The predicted octanol–water partition coefficient (Wildman–Crippen LogP) is 2.69. The number of hydrogen-bond acceptors (Lipinski definition) is 3. The van der Waals surface area contributed by atoms with Crippen LogP contribution in [0.2, 0.25) is 0 Å². The molecule has 1 aliphatic rings. The lowest BCUT2D eigenvalue weighted by molar-refractivity contribution is -0.139. The number of aliphatic carboxylic acids is 1. The number of carboxylic acids is 1. The van der Waals surface area contributed by atoms with Gasteiger partial charge in [0.15, 0.2) is 5.78 Å². The van der Waals surface area contributed by atoms with Gasteiger partial charge in [-0.1, -0.05) is 48.5 Å². The van der Waals surface area contributed by atoms with Crippen molar-refractivity contribution < 1.29 is 14.7 Å². The summed E-state index contributed by atoms with van der Waals surface area (Å²) in [4.78, 5) is 27.8. The van der Waals surface area contributed by atoms with Crippen LogP contribution >= 0.6 is 0 Å². The molecule has 0 radical (unpaired) electrons. The molecule has 3 N–H and O–H groups in total. The molecule has 2 atom stereocenters. The number of rotatable bonds is 3. The van der Waals surface area contributed by atoms with Crippen molar-refractivity contribution in [3.05, 3.63) is 71.4 Å². The van der Waals surface area contributed by atoms with Gasteiger partial charge in [-0.25, -0.2) is 0 Å². The Labute approximate surface area is 138 Å². The van der Waals surface area contributed by atoms with Crippen LogP contribution in [0.25, 0.3) is 10.9 Å². The van der Waals surface area contributed by atoms with E-state index in [1.807, 2.05) is 30.3 Å². The second-order valence-corrected chi connectivity index (χ2v) is 5.99. The number of carboxylic acid groups (broad SMARTS) is 1. The molecule has 120 valence electrons. The lowest BCUT2D eigenvalue weighted by Gasteiger charge is -2.28. The van der Waals surface area contributed by atoms with E-state index in [9.17, 15) is 14.7 Å². The smallest absolute Gasteiger partial charge is 0.321 e. The van der Waals surface area contributed by atoms with Crippen molar-refractivity contribution in [1.82, 2.24) is 10.3 Å². The highest BCUT2D eigenvalue weighted by molar-refractivity contribution is 6.02. The largest absolute Gasteiger partial charge is 0.480 e. The molecule has 0 saturated heterocycles. The number of aromatic nitrogens is 1. The Hall–Kier alpha value is -2.92. The van der Waals surface area contributed by atoms with E-state index in [2.05, 4.69) is 10.3 Å². The highest BCUT2D eigenvalue weighted by Crippen LogP contribution is 2.33. The average Bonchev–Trinajstić information content (AvgIpc) is 2.99. The van der Waals surface area contributed by atoms with Crippen molar-refractivity contribution in [2.45, 2.75) is 18.5 Å². The summed E-state index contributed by atoms with van der Waals surface area (Å²) < 4.78 is 0. The Morgan fingerprint density at radius 2 is 1.71 bits per heavy atom. The molecule has 2 heterocycles. The van der Waals surface area contributed by atoms with Gasteiger partial charge in [0.25, 0.3) is 0 Å². The molecule has 5 heteroatoms. The number of H-pyrrole nitrogens is 1. The van der Waals surface area contributed by atoms with Gasteiger partial charge in [-0.15, -0.1) is 0 Å². The molecule has 0 spiro atoms. The molecule has 0 fully saturated rings. The zero-order chi connectivity index (χ0) is 16.7. The number of aromatic amines is 1. The first-order chi connectivity index (χ1) is 11.6. The van der Waals surface area contributed by atoms with Gasteiger partial charge in [0.05, 0.1) is 0 Å². The first kappa shape index (κ1) is 14.7. The van der Waals surface area contributed by atoms with Gasteiger partial charge in [-0.05, 0) is 11.6 Å². The molecule has 0 aliphatic carbocycles. The average molecular weight is 320 g/mol. The maximum atomic E-state index is 12.9. The zero-order valence-corrected chi connectivity index (χ0v) is 12.8. The van der Waals surface area contributed by atoms with Crippen LogP contribution in [-0.2, 0) is 11.2 Å². The van der Waals surface area contributed by atoms with Gasteiger partial charge in [0.1, 0.15) is 12.1 Å². The molecule has 0 amide bonds. The van der Waals surface area contributed by atoms with E-state index < -0.39 is 18.1 Å². The standard InChI is InChI=1S/C19H16N2O3/c22-18(11-6-2-1-3-7-11)17-16-13(10-15(21-17)19(23)24)12-8-4-5-9-14(12)20-16/h1-9,15,17,20-21H,10H2,(H,23,24)/t15-,17-/m0/s1. The van der Waals surface area contributed by atoms with Gasteiger partial charge >= 0.3 is 5.97 Å². The molecule has 3 aromatic rings. The van der Waals surface area contributed by atoms with Crippen molar-refractivity contribution in [2.24, 2.45) is 0 Å². The van der Waals surface area contributed by atoms with E-state index in [1.54, 1.807) is 24.3 Å². The van der Waals surface area contributed by atoms with E-state index in [-0.39, 0.29) is 5.78 Å². The third-order valence-corrected chi connectivity index (χ3v) is 4.53. The van der Waals surface area contributed by atoms with Crippen LogP contribution in [0.1, 0.15) is 27.7 Å². The van der Waals surface area contributed by atoms with Crippen LogP contribution in [0.4, 0.5) is 0 Å². The van der Waals surface area contributed by atoms with Gasteiger partial charge in [0, 0.05) is 28.6 Å². The van der Waals surface area contributed by atoms with Gasteiger partial charge < -0.3 is 10.1 Å². The van der Waals surface area contributed by atoms with Gasteiger partial charge in [-0.3, -0.25) is 14.9 Å². The molecule has 4 rings (SSSR count). The Kier molecular flexibility index (Phi) is 3.43. The third-order valence-electron chi connectivity index (χ3n) is 4.53. The number of Topliss-reactive ketones (excluding diaryl/α,β-unsaturated/α-hetero) is 1. The van der Waals surface area contributed by atoms with Crippen molar-refractivity contribution in [2.75, 3.05) is 0 Å². The lowest BCUT2D eigenvalue weighted by Crippen LogP contribution is -2.47. The fourth-order valence-corrected chi connectivity index (χ4v) is 3.37. The summed E-state index contributed by atoms with van der Waals surface area (Å²) in [6.07, 6.45) is 0.354. The predicted molar refractivity (Wildman–Crippen MR) is 90.1 cm³/mol. The van der Waals surface area contributed by atoms with E-state index in [0.29, 0.717) is 12.0 Å². The molecule has 0 unspecified atom stereocenters. The van der Waals surface area contributed by atoms with Crippen LogP contribution < -0.4 is 5.32 Å². The Morgan fingerprint density at radius 3 is 2.46 bits per heavy atom. The molecule has 1 aromatic heterocycles. The Balaban J connectivity index is 1.85. The second kappa shape index (κ2) is 5.62. The van der Waals surface area contributed by atoms with Crippen LogP contribution in [0.3, 0.4) is 0 Å². The van der Waals surface area contributed by atoms with E-state index in [4.69, 9.17) is 0 Å². The third kappa shape index (κ3) is 2.30. The number of benzene rings is 2. The molecule has 5 nitrogen and oxygen atoms in total. The number of para-hydroxylation sites is 1. The molecule has 2 aromatic carbocycles. The monoisotopic (exact) mass is 320 g/mol. The molecule has 1 aliphatic heterocycles. The zero-order valence-electron chi connectivity index (χ0n) is 12.8. The summed E-state index contributed by atoms with van der Waals surface area (Å²) in [5, 5.41) is 13.4. The molecular formula is C19H16N2O3. The first-order valence-electron chi connectivity index (χ1n) is 7.83. The minimum absolute atomic E-state index is 0.130. The summed E-state index contributed by atoms with van der Waals surface area (Å²) in [5.74, 6) is -1.08. The number of carbonyl (C=O) groups excluding carboxylic acids is 1. The number of fused-ring (bicyclic) bond motifs is 3. The Bertz CT molecular complexity index is 930. The summed E-state index contributed by atoms with van der Waals surface area (Å²) in [7, 11) is 0. The molecular weight excluding hydrogens is 304 g/mol.